The standard InChI is InChI=1S/C13H25N7O4S/c1-18(2)25(23,24)15-10-13(22)5-3-7-19(9-6-13)12(21)4-8-20-11-14-16-17-20/h11,15,22H,3-10H2,1-2H3/t13-/m1/s1. The molecule has 2 heterocycles. The highest BCUT2D eigenvalue weighted by Gasteiger charge is 2.33. The van der Waals surface area contributed by atoms with Gasteiger partial charge >= 0.3 is 0 Å². The number of aromatic nitrogens is 4. The number of hydrogen-bond donors (Lipinski definition) is 2. The molecule has 1 aliphatic heterocycles. The van der Waals surface area contributed by atoms with Gasteiger partial charge < -0.3 is 10.0 Å². The molecule has 0 spiro atoms. The molecule has 1 aromatic heterocycles. The van der Waals surface area contributed by atoms with Crippen LogP contribution < -0.4 is 4.72 Å². The number of rotatable bonds is 7. The van der Waals surface area contributed by atoms with Gasteiger partial charge in [0, 0.05) is 40.2 Å². The summed E-state index contributed by atoms with van der Waals surface area (Å²) in [6, 6.07) is 0. The van der Waals surface area contributed by atoms with Gasteiger partial charge in [0.25, 0.3) is 10.2 Å². The lowest BCUT2D eigenvalue weighted by Gasteiger charge is -2.27. The number of tetrazole rings is 1. The summed E-state index contributed by atoms with van der Waals surface area (Å²) in [5, 5.41) is 21.4. The number of nitrogens with one attached hydrogen (secondary N) is 1. The number of hydrogen-bond acceptors (Lipinski definition) is 7. The molecule has 1 aliphatic rings. The fourth-order valence-corrected chi connectivity index (χ4v) is 3.32. The number of amides is 1. The summed E-state index contributed by atoms with van der Waals surface area (Å²) in [4.78, 5) is 14.0. The summed E-state index contributed by atoms with van der Waals surface area (Å²) in [5.41, 5.74) is -1.16. The first-order chi connectivity index (χ1) is 11.7. The van der Waals surface area contributed by atoms with E-state index < -0.39 is 15.8 Å². The van der Waals surface area contributed by atoms with E-state index in [0.29, 0.717) is 38.9 Å². The lowest BCUT2D eigenvalue weighted by atomic mass is 9.95. The lowest BCUT2D eigenvalue weighted by molar-refractivity contribution is -0.131. The number of likely N-dealkylation sites (tertiary alicyclic amines) is 1. The summed E-state index contributed by atoms with van der Waals surface area (Å²) in [5.74, 6) is -0.0337. The van der Waals surface area contributed by atoms with Crippen molar-refractivity contribution in [3.8, 4) is 0 Å². The van der Waals surface area contributed by atoms with E-state index in [-0.39, 0.29) is 18.9 Å². The zero-order chi connectivity index (χ0) is 18.5. The molecule has 2 rings (SSSR count). The van der Waals surface area contributed by atoms with E-state index in [0.717, 1.165) is 4.31 Å². The highest BCUT2D eigenvalue weighted by atomic mass is 32.2. The van der Waals surface area contributed by atoms with Crippen molar-refractivity contribution in [2.24, 2.45) is 0 Å². The normalized spacial score (nSPS) is 22.2. The van der Waals surface area contributed by atoms with Crippen LogP contribution >= 0.6 is 0 Å². The van der Waals surface area contributed by atoms with Gasteiger partial charge in [-0.25, -0.2) is 4.68 Å². The Bertz CT molecular complexity index is 664. The first kappa shape index (κ1) is 19.7. The molecule has 0 bridgehead atoms. The van der Waals surface area contributed by atoms with Crippen LogP contribution in [0.1, 0.15) is 25.7 Å². The minimum Gasteiger partial charge on any atom is -0.388 e. The molecule has 1 amide bonds. The molecule has 12 heteroatoms. The second kappa shape index (κ2) is 8.17. The van der Waals surface area contributed by atoms with Crippen molar-refractivity contribution in [2.45, 2.75) is 37.8 Å². The van der Waals surface area contributed by atoms with Crippen molar-refractivity contribution < 1.29 is 18.3 Å². The van der Waals surface area contributed by atoms with Crippen molar-refractivity contribution >= 4 is 16.1 Å². The van der Waals surface area contributed by atoms with E-state index in [9.17, 15) is 18.3 Å². The van der Waals surface area contributed by atoms with Crippen molar-refractivity contribution in [1.82, 2.24) is 34.1 Å². The largest absolute Gasteiger partial charge is 0.388 e. The van der Waals surface area contributed by atoms with Crippen LogP contribution in [-0.2, 0) is 21.5 Å². The summed E-state index contributed by atoms with van der Waals surface area (Å²) >= 11 is 0. The van der Waals surface area contributed by atoms with Crippen molar-refractivity contribution in [1.29, 1.82) is 0 Å². The molecule has 142 valence electrons. The Labute approximate surface area is 147 Å². The average molecular weight is 375 g/mol. The third kappa shape index (κ3) is 5.70. The van der Waals surface area contributed by atoms with E-state index in [1.807, 2.05) is 0 Å². The van der Waals surface area contributed by atoms with Crippen LogP contribution in [0, 0.1) is 0 Å². The van der Waals surface area contributed by atoms with Crippen molar-refractivity contribution in [3.63, 3.8) is 0 Å². The van der Waals surface area contributed by atoms with E-state index in [4.69, 9.17) is 0 Å². The molecule has 11 nitrogen and oxygen atoms in total. The fraction of sp³-hybridized carbons (Fsp3) is 0.846. The summed E-state index contributed by atoms with van der Waals surface area (Å²) < 4.78 is 28.5. The molecular formula is C13H25N7O4S. The minimum atomic E-state index is -3.59. The van der Waals surface area contributed by atoms with Crippen molar-refractivity contribution in [3.05, 3.63) is 6.33 Å². The van der Waals surface area contributed by atoms with Gasteiger partial charge in [0.15, 0.2) is 0 Å². The highest BCUT2D eigenvalue weighted by Crippen LogP contribution is 2.22. The summed E-state index contributed by atoms with van der Waals surface area (Å²) in [6.07, 6.45) is 3.08. The monoisotopic (exact) mass is 375 g/mol. The Kier molecular flexibility index (Phi) is 6.43. The Hall–Kier alpha value is -1.63. The summed E-state index contributed by atoms with van der Waals surface area (Å²) in [7, 11) is -0.748. The van der Waals surface area contributed by atoms with Gasteiger partial charge in [-0.1, -0.05) is 0 Å². The van der Waals surface area contributed by atoms with Crippen LogP contribution in [0.3, 0.4) is 0 Å². The van der Waals surface area contributed by atoms with Gasteiger partial charge in [-0.3, -0.25) is 4.79 Å². The van der Waals surface area contributed by atoms with Gasteiger partial charge in [-0.05, 0) is 29.7 Å². The van der Waals surface area contributed by atoms with E-state index in [2.05, 4.69) is 20.2 Å². The molecule has 0 aromatic carbocycles. The predicted molar refractivity (Wildman–Crippen MR) is 88.4 cm³/mol. The molecule has 1 atom stereocenters. The quantitative estimate of drug-likeness (QED) is 0.574. The topological polar surface area (TPSA) is 134 Å². The molecule has 2 N–H and O–H groups in total. The minimum absolute atomic E-state index is 0.0337. The number of carbonyl (C=O) groups is 1. The molecular weight excluding hydrogens is 350 g/mol. The van der Waals surface area contributed by atoms with Crippen LogP contribution in [0.15, 0.2) is 6.33 Å². The molecule has 1 aromatic rings. The molecule has 0 radical (unpaired) electrons. The Morgan fingerprint density at radius 2 is 2.12 bits per heavy atom. The number of carbonyl (C=O) groups excluding carboxylic acids is 1. The van der Waals surface area contributed by atoms with Gasteiger partial charge in [-0.2, -0.15) is 17.4 Å². The van der Waals surface area contributed by atoms with Gasteiger partial charge in [0.05, 0.1) is 12.1 Å². The van der Waals surface area contributed by atoms with E-state index in [1.165, 1.54) is 25.1 Å². The molecule has 0 saturated carbocycles. The third-order valence-corrected chi connectivity index (χ3v) is 5.75. The Morgan fingerprint density at radius 3 is 2.76 bits per heavy atom. The van der Waals surface area contributed by atoms with Crippen LogP contribution in [0.25, 0.3) is 0 Å². The summed E-state index contributed by atoms with van der Waals surface area (Å²) in [6.45, 7) is 1.25. The van der Waals surface area contributed by atoms with Crippen LogP contribution in [0.2, 0.25) is 0 Å². The maximum Gasteiger partial charge on any atom is 0.279 e. The first-order valence-corrected chi connectivity index (χ1v) is 9.54. The number of aliphatic hydroxyl groups is 1. The molecule has 1 saturated heterocycles. The third-order valence-electron chi connectivity index (χ3n) is 4.28. The zero-order valence-electron chi connectivity index (χ0n) is 14.5. The van der Waals surface area contributed by atoms with E-state index >= 15 is 0 Å². The van der Waals surface area contributed by atoms with Crippen molar-refractivity contribution in [2.75, 3.05) is 33.7 Å². The second-order valence-corrected chi connectivity index (χ2v) is 8.36. The van der Waals surface area contributed by atoms with Gasteiger partial charge in [0.1, 0.15) is 6.33 Å². The zero-order valence-corrected chi connectivity index (χ0v) is 15.3. The maximum atomic E-state index is 12.3. The Morgan fingerprint density at radius 1 is 1.36 bits per heavy atom. The number of aryl methyl sites for hydroxylation is 1. The lowest BCUT2D eigenvalue weighted by Crippen LogP contribution is -2.47. The molecule has 1 fully saturated rings. The highest BCUT2D eigenvalue weighted by molar-refractivity contribution is 7.87. The SMILES string of the molecule is CN(C)S(=O)(=O)NC[C@@]1(O)CCCN(C(=O)CCn2cnnn2)CC1. The molecule has 0 unspecified atom stereocenters. The fourth-order valence-electron chi connectivity index (χ4n) is 2.61. The van der Waals surface area contributed by atoms with Crippen LogP contribution in [0.5, 0.6) is 0 Å². The maximum absolute atomic E-state index is 12.3. The van der Waals surface area contributed by atoms with E-state index in [1.54, 1.807) is 4.90 Å². The predicted octanol–water partition coefficient (Wildman–Crippen LogP) is -1.80. The van der Waals surface area contributed by atoms with Gasteiger partial charge in [-0.15, -0.1) is 5.10 Å². The van der Waals surface area contributed by atoms with Crippen LogP contribution in [0.4, 0.5) is 0 Å². The Balaban J connectivity index is 1.84. The number of nitrogens with zero attached hydrogens (tertiary/aromatic N) is 6. The first-order valence-electron chi connectivity index (χ1n) is 8.10. The van der Waals surface area contributed by atoms with Crippen LogP contribution in [-0.4, -0.2) is 88.2 Å². The second-order valence-electron chi connectivity index (χ2n) is 6.39. The molecule has 0 aliphatic carbocycles. The smallest absolute Gasteiger partial charge is 0.279 e. The average Bonchev–Trinajstić information content (AvgIpc) is 3.00. The molecule has 25 heavy (non-hydrogen) atoms. The van der Waals surface area contributed by atoms with Gasteiger partial charge in [0.2, 0.25) is 5.91 Å².